The Morgan fingerprint density at radius 3 is 2.42 bits per heavy atom. The third kappa shape index (κ3) is 4.04. The van der Waals surface area contributed by atoms with Crippen LogP contribution in [0.15, 0.2) is 0 Å². The largest absolute Gasteiger partial charge is 0.417 e. The molecule has 0 saturated carbocycles. The van der Waals surface area contributed by atoms with Crippen molar-refractivity contribution in [1.82, 2.24) is 5.06 Å². The average molecular weight is 287 g/mol. The molecule has 0 aromatic heterocycles. The molecule has 110 valence electrons. The maximum absolute atomic E-state index is 11.7. The highest BCUT2D eigenvalue weighted by molar-refractivity contribution is 6.74. The molecule has 0 aromatic rings. The fourth-order valence-electron chi connectivity index (χ4n) is 1.58. The Morgan fingerprint density at radius 1 is 1.42 bits per heavy atom. The van der Waals surface area contributed by atoms with E-state index >= 15 is 0 Å². The Hall–Kier alpha value is -0.883. The van der Waals surface area contributed by atoms with Gasteiger partial charge in [0.15, 0.2) is 8.32 Å². The second kappa shape index (κ2) is 5.62. The van der Waals surface area contributed by atoms with E-state index in [2.05, 4.69) is 33.9 Å². The van der Waals surface area contributed by atoms with Crippen molar-refractivity contribution in [3.8, 4) is 0 Å². The van der Waals surface area contributed by atoms with E-state index in [0.717, 1.165) is 5.06 Å². The minimum Gasteiger partial charge on any atom is -0.417 e. The van der Waals surface area contributed by atoms with Gasteiger partial charge in [0, 0.05) is 13.5 Å². The number of hydrogen-bond acceptors (Lipinski definition) is 4. The van der Waals surface area contributed by atoms with Gasteiger partial charge in [-0.25, -0.2) is 0 Å². The predicted molar refractivity (Wildman–Crippen MR) is 74.7 cm³/mol. The minimum absolute atomic E-state index is 0.0656. The maximum Gasteiger partial charge on any atom is 0.329 e. The van der Waals surface area contributed by atoms with E-state index in [1.54, 1.807) is 0 Å². The van der Waals surface area contributed by atoms with Crippen LogP contribution in [0.3, 0.4) is 0 Å². The lowest BCUT2D eigenvalue weighted by Crippen LogP contribution is -2.53. The summed E-state index contributed by atoms with van der Waals surface area (Å²) in [4.78, 5) is 27.1. The molecule has 0 aromatic carbocycles. The zero-order chi connectivity index (χ0) is 14.8. The molecule has 19 heavy (non-hydrogen) atoms. The van der Waals surface area contributed by atoms with Gasteiger partial charge in [-0.2, -0.15) is 5.06 Å². The van der Waals surface area contributed by atoms with Crippen molar-refractivity contribution >= 4 is 20.2 Å². The minimum atomic E-state index is -1.74. The standard InChI is InChI=1S/C13H25NO4Si/c1-10(15)18-14-9-11(12(14)16)7-8-17-19(5,6)13(2,3)4/h11H,7-9H2,1-6H3/t11-/m1/s1. The van der Waals surface area contributed by atoms with Crippen LogP contribution >= 0.6 is 0 Å². The highest BCUT2D eigenvalue weighted by Gasteiger charge is 2.41. The highest BCUT2D eigenvalue weighted by Crippen LogP contribution is 2.36. The van der Waals surface area contributed by atoms with Gasteiger partial charge in [0.2, 0.25) is 0 Å². The Kier molecular flexibility index (Phi) is 4.79. The number of hydrogen-bond donors (Lipinski definition) is 0. The third-order valence-corrected chi connectivity index (χ3v) is 8.49. The normalized spacial score (nSPS) is 20.2. The molecule has 1 saturated heterocycles. The first kappa shape index (κ1) is 16.2. The number of carbonyl (C=O) groups excluding carboxylic acids is 2. The molecule has 1 fully saturated rings. The van der Waals surface area contributed by atoms with Gasteiger partial charge in [0.25, 0.3) is 5.91 Å². The van der Waals surface area contributed by atoms with Crippen LogP contribution in [0.4, 0.5) is 0 Å². The molecule has 0 aliphatic carbocycles. The van der Waals surface area contributed by atoms with Gasteiger partial charge >= 0.3 is 5.97 Å². The molecule has 1 amide bonds. The van der Waals surface area contributed by atoms with Crippen molar-refractivity contribution in [3.05, 3.63) is 0 Å². The molecule has 1 rings (SSSR count). The van der Waals surface area contributed by atoms with Crippen LogP contribution in [0, 0.1) is 5.92 Å². The zero-order valence-electron chi connectivity index (χ0n) is 12.8. The molecular formula is C13H25NO4Si. The molecule has 1 aliphatic heterocycles. The van der Waals surface area contributed by atoms with E-state index in [-0.39, 0.29) is 16.9 Å². The van der Waals surface area contributed by atoms with Crippen molar-refractivity contribution in [2.24, 2.45) is 5.92 Å². The van der Waals surface area contributed by atoms with Crippen LogP contribution < -0.4 is 0 Å². The molecule has 6 heteroatoms. The summed E-state index contributed by atoms with van der Waals surface area (Å²) >= 11 is 0. The summed E-state index contributed by atoms with van der Waals surface area (Å²) in [7, 11) is -1.74. The van der Waals surface area contributed by atoms with Crippen molar-refractivity contribution < 1.29 is 18.9 Å². The molecule has 0 bridgehead atoms. The molecule has 0 unspecified atom stereocenters. The van der Waals surface area contributed by atoms with Gasteiger partial charge in [0.1, 0.15) is 0 Å². The monoisotopic (exact) mass is 287 g/mol. The molecular weight excluding hydrogens is 262 g/mol. The van der Waals surface area contributed by atoms with Gasteiger partial charge in [-0.1, -0.05) is 20.8 Å². The number of amides is 1. The van der Waals surface area contributed by atoms with Crippen LogP contribution in [0.5, 0.6) is 0 Å². The van der Waals surface area contributed by atoms with E-state index in [0.29, 0.717) is 19.6 Å². The van der Waals surface area contributed by atoms with E-state index < -0.39 is 14.3 Å². The van der Waals surface area contributed by atoms with Crippen LogP contribution in [-0.4, -0.2) is 38.4 Å². The van der Waals surface area contributed by atoms with Crippen LogP contribution in [0.25, 0.3) is 0 Å². The Morgan fingerprint density at radius 2 is 2.00 bits per heavy atom. The average Bonchev–Trinajstić information content (AvgIpc) is 2.24. The van der Waals surface area contributed by atoms with Crippen LogP contribution in [0.1, 0.15) is 34.1 Å². The molecule has 1 aliphatic rings. The number of hydroxylamine groups is 2. The molecule has 1 heterocycles. The Bertz CT molecular complexity index is 362. The predicted octanol–water partition coefficient (Wildman–Crippen LogP) is 2.33. The summed E-state index contributed by atoms with van der Waals surface area (Å²) in [6, 6.07) is 0. The Balaban J connectivity index is 2.30. The van der Waals surface area contributed by atoms with E-state index in [4.69, 9.17) is 9.26 Å². The van der Waals surface area contributed by atoms with Gasteiger partial charge in [0.05, 0.1) is 12.5 Å². The summed E-state index contributed by atoms with van der Waals surface area (Å²) in [5.41, 5.74) is 0. The van der Waals surface area contributed by atoms with Gasteiger partial charge in [-0.3, -0.25) is 9.59 Å². The van der Waals surface area contributed by atoms with Crippen molar-refractivity contribution in [3.63, 3.8) is 0 Å². The lowest BCUT2D eigenvalue weighted by Gasteiger charge is -2.38. The van der Waals surface area contributed by atoms with Crippen molar-refractivity contribution in [1.29, 1.82) is 0 Å². The Labute approximate surface area is 116 Å². The molecule has 0 N–H and O–H groups in total. The molecule has 0 spiro atoms. The smallest absolute Gasteiger partial charge is 0.329 e. The van der Waals surface area contributed by atoms with E-state index in [9.17, 15) is 9.59 Å². The van der Waals surface area contributed by atoms with Gasteiger partial charge < -0.3 is 9.26 Å². The second-order valence-electron chi connectivity index (χ2n) is 6.58. The molecule has 1 atom stereocenters. The zero-order valence-corrected chi connectivity index (χ0v) is 13.8. The first-order valence-electron chi connectivity index (χ1n) is 6.68. The number of carbonyl (C=O) groups is 2. The highest BCUT2D eigenvalue weighted by atomic mass is 28.4. The first-order chi connectivity index (χ1) is 8.54. The summed E-state index contributed by atoms with van der Waals surface area (Å²) in [6.45, 7) is 13.3. The summed E-state index contributed by atoms with van der Waals surface area (Å²) in [5.74, 6) is -0.637. The SMILES string of the molecule is CC(=O)ON1C[C@@H](CCO[Si](C)(C)C(C)(C)C)C1=O. The fraction of sp³-hybridized carbons (Fsp3) is 0.846. The lowest BCUT2D eigenvalue weighted by atomic mass is 9.98. The maximum atomic E-state index is 11.7. The number of nitrogens with zero attached hydrogens (tertiary/aromatic N) is 1. The number of β-lactam (4-membered cyclic amide) rings is 1. The van der Waals surface area contributed by atoms with Crippen molar-refractivity contribution in [2.75, 3.05) is 13.2 Å². The van der Waals surface area contributed by atoms with Gasteiger partial charge in [-0.05, 0) is 24.6 Å². The van der Waals surface area contributed by atoms with E-state index in [1.807, 2.05) is 0 Å². The topological polar surface area (TPSA) is 55.8 Å². The van der Waals surface area contributed by atoms with Crippen LogP contribution in [-0.2, 0) is 18.9 Å². The molecule has 5 nitrogen and oxygen atoms in total. The van der Waals surface area contributed by atoms with E-state index in [1.165, 1.54) is 6.92 Å². The summed E-state index contributed by atoms with van der Waals surface area (Å²) in [5, 5.41) is 1.31. The fourth-order valence-corrected chi connectivity index (χ4v) is 2.65. The third-order valence-electron chi connectivity index (χ3n) is 3.96. The second-order valence-corrected chi connectivity index (χ2v) is 11.4. The first-order valence-corrected chi connectivity index (χ1v) is 9.59. The quantitative estimate of drug-likeness (QED) is 0.575. The van der Waals surface area contributed by atoms with Crippen molar-refractivity contribution in [2.45, 2.75) is 52.2 Å². The number of rotatable bonds is 5. The summed E-state index contributed by atoms with van der Waals surface area (Å²) < 4.78 is 6.03. The lowest BCUT2D eigenvalue weighted by molar-refractivity contribution is -0.220. The van der Waals surface area contributed by atoms with Gasteiger partial charge in [-0.15, -0.1) is 0 Å². The van der Waals surface area contributed by atoms with Crippen LogP contribution in [0.2, 0.25) is 18.1 Å². The molecule has 0 radical (unpaired) electrons. The summed E-state index contributed by atoms with van der Waals surface area (Å²) in [6.07, 6.45) is 0.698.